The summed E-state index contributed by atoms with van der Waals surface area (Å²) in [4.78, 5) is 18.4. The van der Waals surface area contributed by atoms with E-state index in [2.05, 4.69) is 9.88 Å². The molecule has 1 saturated heterocycles. The molecule has 1 fully saturated rings. The molecular weight excluding hydrogens is 259 g/mol. The van der Waals surface area contributed by atoms with E-state index in [0.717, 1.165) is 31.6 Å². The Labute approximate surface area is 114 Å². The van der Waals surface area contributed by atoms with Crippen molar-refractivity contribution in [3.63, 3.8) is 0 Å². The van der Waals surface area contributed by atoms with Crippen LogP contribution in [0.4, 0.5) is 10.1 Å². The SMILES string of the molecule is O=C(O)c1c2c(nc3ccc(F)cc13)C1CCN2CC1. The van der Waals surface area contributed by atoms with E-state index < -0.39 is 11.8 Å². The Morgan fingerprint density at radius 3 is 2.80 bits per heavy atom. The van der Waals surface area contributed by atoms with Gasteiger partial charge in [0.2, 0.25) is 0 Å². The molecule has 4 nitrogen and oxygen atoms in total. The van der Waals surface area contributed by atoms with Gasteiger partial charge in [-0.25, -0.2) is 9.18 Å². The van der Waals surface area contributed by atoms with Crippen molar-refractivity contribution >= 4 is 22.6 Å². The van der Waals surface area contributed by atoms with Gasteiger partial charge in [-0.2, -0.15) is 0 Å². The molecule has 0 radical (unpaired) electrons. The molecular formula is C15H13FN2O2. The van der Waals surface area contributed by atoms with E-state index in [0.29, 0.717) is 22.5 Å². The second-order valence-electron chi connectivity index (χ2n) is 5.45. The van der Waals surface area contributed by atoms with Gasteiger partial charge < -0.3 is 10.0 Å². The van der Waals surface area contributed by atoms with E-state index in [9.17, 15) is 14.3 Å². The molecule has 0 unspecified atom stereocenters. The molecule has 1 aromatic carbocycles. The third-order valence-corrected chi connectivity index (χ3v) is 4.36. The lowest BCUT2D eigenvalue weighted by molar-refractivity contribution is 0.0699. The Kier molecular flexibility index (Phi) is 2.28. The van der Waals surface area contributed by atoms with Crippen LogP contribution in [0.5, 0.6) is 0 Å². The van der Waals surface area contributed by atoms with Crippen LogP contribution in [-0.4, -0.2) is 29.1 Å². The molecule has 2 aromatic rings. The first kappa shape index (κ1) is 11.6. The molecule has 0 atom stereocenters. The highest BCUT2D eigenvalue weighted by atomic mass is 19.1. The number of carboxylic acid groups (broad SMARTS) is 1. The monoisotopic (exact) mass is 272 g/mol. The lowest BCUT2D eigenvalue weighted by Crippen LogP contribution is -2.40. The number of anilines is 1. The minimum Gasteiger partial charge on any atom is -0.478 e. The Balaban J connectivity index is 2.13. The van der Waals surface area contributed by atoms with E-state index in [1.54, 1.807) is 6.07 Å². The van der Waals surface area contributed by atoms with Crippen molar-refractivity contribution in [1.29, 1.82) is 0 Å². The highest BCUT2D eigenvalue weighted by Crippen LogP contribution is 2.44. The third-order valence-electron chi connectivity index (χ3n) is 4.36. The van der Waals surface area contributed by atoms with Crippen LogP contribution in [0.3, 0.4) is 0 Å². The number of hydrogen-bond donors (Lipinski definition) is 1. The zero-order valence-electron chi connectivity index (χ0n) is 10.8. The van der Waals surface area contributed by atoms with Crippen LogP contribution in [0.25, 0.3) is 10.9 Å². The quantitative estimate of drug-likeness (QED) is 0.867. The molecule has 4 heterocycles. The van der Waals surface area contributed by atoms with Crippen molar-refractivity contribution in [2.24, 2.45) is 0 Å². The fourth-order valence-electron chi connectivity index (χ4n) is 3.44. The van der Waals surface area contributed by atoms with Crippen LogP contribution < -0.4 is 4.90 Å². The molecule has 0 spiro atoms. The standard InChI is InChI=1S/C15H13FN2O2/c16-9-1-2-11-10(7-9)12(15(19)20)14-13(17-11)8-3-5-18(14)6-4-8/h1-2,7-8H,3-6H2,(H,19,20). The Morgan fingerprint density at radius 2 is 2.10 bits per heavy atom. The number of carbonyl (C=O) groups is 1. The molecule has 102 valence electrons. The number of piperidine rings is 1. The highest BCUT2D eigenvalue weighted by Gasteiger charge is 2.36. The van der Waals surface area contributed by atoms with E-state index in [-0.39, 0.29) is 5.56 Å². The molecule has 3 aliphatic rings. The minimum absolute atomic E-state index is 0.203. The molecule has 0 amide bonds. The normalized spacial score (nSPS) is 17.6. The van der Waals surface area contributed by atoms with Crippen LogP contribution in [0.15, 0.2) is 18.2 Å². The molecule has 0 aliphatic carbocycles. The summed E-state index contributed by atoms with van der Waals surface area (Å²) in [7, 11) is 0. The second-order valence-corrected chi connectivity index (χ2v) is 5.45. The van der Waals surface area contributed by atoms with Gasteiger partial charge in [0.15, 0.2) is 0 Å². The first-order valence-corrected chi connectivity index (χ1v) is 6.76. The summed E-state index contributed by atoms with van der Waals surface area (Å²) >= 11 is 0. The van der Waals surface area contributed by atoms with Gasteiger partial charge in [0, 0.05) is 24.4 Å². The maximum atomic E-state index is 13.5. The van der Waals surface area contributed by atoms with E-state index in [4.69, 9.17) is 0 Å². The predicted octanol–water partition coefficient (Wildman–Crippen LogP) is 2.77. The van der Waals surface area contributed by atoms with Crippen molar-refractivity contribution < 1.29 is 14.3 Å². The van der Waals surface area contributed by atoms with Crippen LogP contribution in [0.2, 0.25) is 0 Å². The van der Waals surface area contributed by atoms with Crippen molar-refractivity contribution in [2.75, 3.05) is 18.0 Å². The Hall–Kier alpha value is -2.17. The van der Waals surface area contributed by atoms with Crippen LogP contribution in [-0.2, 0) is 0 Å². The van der Waals surface area contributed by atoms with Crippen molar-refractivity contribution in [1.82, 2.24) is 4.98 Å². The molecule has 3 aliphatic heterocycles. The molecule has 20 heavy (non-hydrogen) atoms. The molecule has 5 rings (SSSR count). The predicted molar refractivity (Wildman–Crippen MR) is 72.8 cm³/mol. The number of fused-ring (bicyclic) bond motifs is 3. The lowest BCUT2D eigenvalue weighted by atomic mass is 9.84. The van der Waals surface area contributed by atoms with Crippen molar-refractivity contribution in [3.8, 4) is 0 Å². The van der Waals surface area contributed by atoms with Gasteiger partial charge in [-0.3, -0.25) is 4.98 Å². The zero-order chi connectivity index (χ0) is 13.9. The Bertz CT molecular complexity index is 736. The van der Waals surface area contributed by atoms with Gasteiger partial charge in [0.05, 0.1) is 22.5 Å². The summed E-state index contributed by atoms with van der Waals surface area (Å²) in [5.41, 5.74) is 2.35. The molecule has 1 N–H and O–H groups in total. The number of aromatic nitrogens is 1. The summed E-state index contributed by atoms with van der Waals surface area (Å²) in [5, 5.41) is 9.97. The number of aromatic carboxylic acids is 1. The number of rotatable bonds is 1. The Morgan fingerprint density at radius 1 is 1.35 bits per heavy atom. The van der Waals surface area contributed by atoms with E-state index >= 15 is 0 Å². The zero-order valence-corrected chi connectivity index (χ0v) is 10.8. The topological polar surface area (TPSA) is 53.4 Å². The summed E-state index contributed by atoms with van der Waals surface area (Å²) in [6.07, 6.45) is 2.04. The van der Waals surface area contributed by atoms with Gasteiger partial charge >= 0.3 is 5.97 Å². The summed E-state index contributed by atoms with van der Waals surface area (Å²) < 4.78 is 13.5. The lowest BCUT2D eigenvalue weighted by Gasteiger charge is -2.42. The first-order valence-electron chi connectivity index (χ1n) is 6.76. The smallest absolute Gasteiger partial charge is 0.338 e. The molecule has 1 aromatic heterocycles. The fourth-order valence-corrected chi connectivity index (χ4v) is 3.44. The average Bonchev–Trinajstić information content (AvgIpc) is 2.46. The largest absolute Gasteiger partial charge is 0.478 e. The number of carboxylic acids is 1. The summed E-state index contributed by atoms with van der Waals surface area (Å²) in [6, 6.07) is 4.17. The maximum absolute atomic E-state index is 13.5. The second kappa shape index (κ2) is 3.91. The number of hydrogen-bond acceptors (Lipinski definition) is 3. The van der Waals surface area contributed by atoms with E-state index in [1.807, 2.05) is 0 Å². The molecule has 5 heteroatoms. The van der Waals surface area contributed by atoms with Gasteiger partial charge in [-0.1, -0.05) is 0 Å². The third kappa shape index (κ3) is 1.46. The summed E-state index contributed by atoms with van der Waals surface area (Å²) in [6.45, 7) is 1.72. The van der Waals surface area contributed by atoms with Gasteiger partial charge in [0.1, 0.15) is 5.82 Å². The fraction of sp³-hybridized carbons (Fsp3) is 0.333. The van der Waals surface area contributed by atoms with Crippen LogP contribution in [0, 0.1) is 5.82 Å². The summed E-state index contributed by atoms with van der Waals surface area (Å²) in [5.74, 6) is -1.10. The molecule has 0 saturated carbocycles. The number of halogens is 1. The van der Waals surface area contributed by atoms with Gasteiger partial charge in [-0.05, 0) is 31.0 Å². The minimum atomic E-state index is -1.01. The first-order chi connectivity index (χ1) is 9.65. The van der Waals surface area contributed by atoms with Crippen LogP contribution in [0.1, 0.15) is 34.8 Å². The number of pyridine rings is 1. The average molecular weight is 272 g/mol. The number of nitrogens with zero attached hydrogens (tertiary/aromatic N) is 2. The molecule has 2 bridgehead atoms. The van der Waals surface area contributed by atoms with Gasteiger partial charge in [0.25, 0.3) is 0 Å². The van der Waals surface area contributed by atoms with Crippen molar-refractivity contribution in [3.05, 3.63) is 35.3 Å². The maximum Gasteiger partial charge on any atom is 0.338 e. The van der Waals surface area contributed by atoms with Crippen LogP contribution >= 0.6 is 0 Å². The van der Waals surface area contributed by atoms with Crippen molar-refractivity contribution in [2.45, 2.75) is 18.8 Å². The number of benzene rings is 1. The highest BCUT2D eigenvalue weighted by molar-refractivity contribution is 6.08. The van der Waals surface area contributed by atoms with E-state index in [1.165, 1.54) is 12.1 Å². The van der Waals surface area contributed by atoms with Gasteiger partial charge in [-0.15, -0.1) is 0 Å².